The second-order valence-electron chi connectivity index (χ2n) is 6.99. The van der Waals surface area contributed by atoms with Gasteiger partial charge in [-0.15, -0.1) is 0 Å². The van der Waals surface area contributed by atoms with Crippen molar-refractivity contribution in [3.05, 3.63) is 35.7 Å². The summed E-state index contributed by atoms with van der Waals surface area (Å²) in [4.78, 5) is 21.6. The molecule has 0 saturated carbocycles. The molecule has 26 heavy (non-hydrogen) atoms. The van der Waals surface area contributed by atoms with Crippen LogP contribution in [0, 0.1) is 0 Å². The summed E-state index contributed by atoms with van der Waals surface area (Å²) >= 11 is 0. The SMILES string of the molecule is Cn1ccc(CC(=O)N2CCc3ncc(CN4CCOCC4)n3CC2)n1. The zero-order valence-corrected chi connectivity index (χ0v) is 15.3. The van der Waals surface area contributed by atoms with E-state index in [1.54, 1.807) is 4.68 Å². The molecule has 0 bridgehead atoms. The van der Waals surface area contributed by atoms with E-state index in [1.165, 1.54) is 5.69 Å². The van der Waals surface area contributed by atoms with E-state index in [1.807, 2.05) is 30.4 Å². The van der Waals surface area contributed by atoms with Crippen LogP contribution in [0.3, 0.4) is 0 Å². The highest BCUT2D eigenvalue weighted by Gasteiger charge is 2.22. The van der Waals surface area contributed by atoms with E-state index in [9.17, 15) is 4.79 Å². The molecule has 140 valence electrons. The molecule has 8 heteroatoms. The van der Waals surface area contributed by atoms with Crippen molar-refractivity contribution >= 4 is 5.91 Å². The van der Waals surface area contributed by atoms with Gasteiger partial charge >= 0.3 is 0 Å². The van der Waals surface area contributed by atoms with Crippen molar-refractivity contribution in [3.8, 4) is 0 Å². The molecule has 2 aliphatic heterocycles. The Morgan fingerprint density at radius 2 is 2.04 bits per heavy atom. The first kappa shape index (κ1) is 17.2. The lowest BCUT2D eigenvalue weighted by atomic mass is 10.2. The van der Waals surface area contributed by atoms with Gasteiger partial charge in [-0.3, -0.25) is 14.4 Å². The van der Waals surface area contributed by atoms with Crippen molar-refractivity contribution in [2.45, 2.75) is 25.9 Å². The topological polar surface area (TPSA) is 68.4 Å². The lowest BCUT2D eigenvalue weighted by Gasteiger charge is -2.27. The van der Waals surface area contributed by atoms with E-state index < -0.39 is 0 Å². The Bertz CT molecular complexity index is 762. The maximum Gasteiger partial charge on any atom is 0.228 e. The van der Waals surface area contributed by atoms with Crippen LogP contribution in [0.25, 0.3) is 0 Å². The summed E-state index contributed by atoms with van der Waals surface area (Å²) in [5, 5.41) is 4.31. The minimum absolute atomic E-state index is 0.143. The molecule has 2 aromatic heterocycles. The van der Waals surface area contributed by atoms with Gasteiger partial charge in [0.1, 0.15) is 5.82 Å². The molecule has 2 aliphatic rings. The van der Waals surface area contributed by atoms with Gasteiger partial charge in [0.2, 0.25) is 5.91 Å². The molecule has 0 radical (unpaired) electrons. The second-order valence-corrected chi connectivity index (χ2v) is 6.99. The predicted octanol–water partition coefficient (Wildman–Crippen LogP) is 0.0762. The fraction of sp³-hybridized carbons (Fsp3) is 0.611. The number of rotatable bonds is 4. The number of carbonyl (C=O) groups is 1. The van der Waals surface area contributed by atoms with Gasteiger partial charge in [0.05, 0.1) is 31.0 Å². The molecule has 0 aromatic carbocycles. The Kier molecular flexibility index (Phi) is 5.03. The lowest BCUT2D eigenvalue weighted by Crippen LogP contribution is -2.36. The number of carbonyl (C=O) groups excluding carboxylic acids is 1. The maximum atomic E-state index is 12.6. The number of ether oxygens (including phenoxy) is 1. The van der Waals surface area contributed by atoms with Crippen LogP contribution in [0.5, 0.6) is 0 Å². The van der Waals surface area contributed by atoms with Crippen LogP contribution < -0.4 is 0 Å². The molecule has 0 N–H and O–H groups in total. The van der Waals surface area contributed by atoms with Crippen LogP contribution in [0.4, 0.5) is 0 Å². The van der Waals surface area contributed by atoms with E-state index in [4.69, 9.17) is 4.74 Å². The molecule has 1 fully saturated rings. The van der Waals surface area contributed by atoms with Gasteiger partial charge in [0.25, 0.3) is 0 Å². The number of nitrogens with zero attached hydrogens (tertiary/aromatic N) is 6. The van der Waals surface area contributed by atoms with Crippen molar-refractivity contribution in [1.82, 2.24) is 29.1 Å². The fourth-order valence-corrected chi connectivity index (χ4v) is 3.68. The number of imidazole rings is 1. The zero-order chi connectivity index (χ0) is 17.9. The molecule has 0 unspecified atom stereocenters. The number of aryl methyl sites for hydroxylation is 1. The van der Waals surface area contributed by atoms with Gasteiger partial charge in [-0.05, 0) is 6.07 Å². The van der Waals surface area contributed by atoms with Crippen molar-refractivity contribution in [2.24, 2.45) is 7.05 Å². The third-order valence-electron chi connectivity index (χ3n) is 5.16. The smallest absolute Gasteiger partial charge is 0.228 e. The molecule has 0 atom stereocenters. The van der Waals surface area contributed by atoms with E-state index >= 15 is 0 Å². The average Bonchev–Trinajstić information content (AvgIpc) is 3.15. The largest absolute Gasteiger partial charge is 0.379 e. The first-order valence-corrected chi connectivity index (χ1v) is 9.29. The van der Waals surface area contributed by atoms with Crippen LogP contribution >= 0.6 is 0 Å². The van der Waals surface area contributed by atoms with E-state index in [0.29, 0.717) is 6.42 Å². The lowest BCUT2D eigenvalue weighted by molar-refractivity contribution is -0.130. The summed E-state index contributed by atoms with van der Waals surface area (Å²) in [6.07, 6.45) is 5.04. The highest BCUT2D eigenvalue weighted by molar-refractivity contribution is 5.78. The number of hydrogen-bond donors (Lipinski definition) is 0. The van der Waals surface area contributed by atoms with E-state index in [0.717, 1.165) is 70.4 Å². The summed E-state index contributed by atoms with van der Waals surface area (Å²) in [5.74, 6) is 1.23. The molecule has 0 aliphatic carbocycles. The van der Waals surface area contributed by atoms with E-state index in [-0.39, 0.29) is 5.91 Å². The minimum atomic E-state index is 0.143. The summed E-state index contributed by atoms with van der Waals surface area (Å²) in [5.41, 5.74) is 2.06. The molecular formula is C18H26N6O2. The standard InChI is InChI=1S/C18H26N6O2/c1-21-4-2-15(20-21)12-18(25)23-5-3-17-19-13-16(24(17)7-6-23)14-22-8-10-26-11-9-22/h2,4,13H,3,5-12,14H2,1H3. The number of morpholine rings is 1. The molecule has 0 spiro atoms. The van der Waals surface area contributed by atoms with Gasteiger partial charge in [-0.1, -0.05) is 0 Å². The number of amides is 1. The van der Waals surface area contributed by atoms with E-state index in [2.05, 4.69) is 19.5 Å². The van der Waals surface area contributed by atoms with Gasteiger partial charge in [-0.25, -0.2) is 4.98 Å². The van der Waals surface area contributed by atoms with Crippen LogP contribution in [0.1, 0.15) is 17.2 Å². The summed E-state index contributed by atoms with van der Waals surface area (Å²) < 4.78 is 9.46. The third-order valence-corrected chi connectivity index (χ3v) is 5.16. The molecule has 4 rings (SSSR count). The Labute approximate surface area is 153 Å². The molecular weight excluding hydrogens is 332 g/mol. The zero-order valence-electron chi connectivity index (χ0n) is 15.3. The van der Waals surface area contributed by atoms with Crippen LogP contribution in [-0.4, -0.2) is 74.4 Å². The monoisotopic (exact) mass is 358 g/mol. The average molecular weight is 358 g/mol. The first-order chi connectivity index (χ1) is 12.7. The minimum Gasteiger partial charge on any atom is -0.379 e. The highest BCUT2D eigenvalue weighted by Crippen LogP contribution is 2.15. The normalized spacial score (nSPS) is 18.6. The molecule has 4 heterocycles. The first-order valence-electron chi connectivity index (χ1n) is 9.29. The Hall–Kier alpha value is -2.19. The quantitative estimate of drug-likeness (QED) is 0.774. The van der Waals surface area contributed by atoms with Crippen LogP contribution in [-0.2, 0) is 42.5 Å². The Morgan fingerprint density at radius 3 is 2.81 bits per heavy atom. The third kappa shape index (κ3) is 3.81. The fourth-order valence-electron chi connectivity index (χ4n) is 3.68. The van der Waals surface area contributed by atoms with Crippen LogP contribution in [0.15, 0.2) is 18.5 Å². The van der Waals surface area contributed by atoms with Gasteiger partial charge < -0.3 is 14.2 Å². The maximum absolute atomic E-state index is 12.6. The number of aromatic nitrogens is 4. The van der Waals surface area contributed by atoms with Gasteiger partial charge in [0, 0.05) is 65.1 Å². The molecule has 1 saturated heterocycles. The molecule has 1 amide bonds. The van der Waals surface area contributed by atoms with Crippen molar-refractivity contribution in [1.29, 1.82) is 0 Å². The number of hydrogen-bond acceptors (Lipinski definition) is 5. The Balaban J connectivity index is 1.38. The van der Waals surface area contributed by atoms with Crippen LogP contribution in [0.2, 0.25) is 0 Å². The highest BCUT2D eigenvalue weighted by atomic mass is 16.5. The summed E-state index contributed by atoms with van der Waals surface area (Å²) in [6, 6.07) is 1.90. The van der Waals surface area contributed by atoms with Gasteiger partial charge in [-0.2, -0.15) is 5.10 Å². The van der Waals surface area contributed by atoms with Crippen molar-refractivity contribution in [2.75, 3.05) is 39.4 Å². The summed E-state index contributed by atoms with van der Waals surface area (Å²) in [6.45, 7) is 6.70. The van der Waals surface area contributed by atoms with Gasteiger partial charge in [0.15, 0.2) is 0 Å². The summed E-state index contributed by atoms with van der Waals surface area (Å²) in [7, 11) is 1.87. The predicted molar refractivity (Wildman–Crippen MR) is 95.5 cm³/mol. The Morgan fingerprint density at radius 1 is 1.19 bits per heavy atom. The van der Waals surface area contributed by atoms with Crippen molar-refractivity contribution in [3.63, 3.8) is 0 Å². The number of fused-ring (bicyclic) bond motifs is 1. The van der Waals surface area contributed by atoms with Crippen molar-refractivity contribution < 1.29 is 9.53 Å². The molecule has 8 nitrogen and oxygen atoms in total. The molecule has 2 aromatic rings. The second kappa shape index (κ2) is 7.59.